The minimum atomic E-state index is -0.0593. The first-order chi connectivity index (χ1) is 8.77. The highest BCUT2D eigenvalue weighted by Gasteiger charge is 2.19. The molecule has 0 bridgehead atoms. The fraction of sp³-hybridized carbons (Fsp3) is 0.375. The van der Waals surface area contributed by atoms with Gasteiger partial charge in [-0.15, -0.1) is 0 Å². The highest BCUT2D eigenvalue weighted by Crippen LogP contribution is 2.28. The van der Waals surface area contributed by atoms with Crippen LogP contribution in [0.15, 0.2) is 28.9 Å². The maximum atomic E-state index is 4.74. The zero-order chi connectivity index (χ0) is 14.2. The van der Waals surface area contributed by atoms with Gasteiger partial charge in [0.2, 0.25) is 0 Å². The lowest BCUT2D eigenvalue weighted by Crippen LogP contribution is -2.16. The Kier molecular flexibility index (Phi) is 3.77. The van der Waals surface area contributed by atoms with Gasteiger partial charge in [0.1, 0.15) is 10.4 Å². The summed E-state index contributed by atoms with van der Waals surface area (Å²) >= 11 is 3.49. The fourth-order valence-corrected chi connectivity index (χ4v) is 2.29. The summed E-state index contributed by atoms with van der Waals surface area (Å²) in [5.41, 5.74) is 4.57. The molecule has 0 radical (unpaired) electrons. The highest BCUT2D eigenvalue weighted by atomic mass is 79.9. The van der Waals surface area contributed by atoms with Gasteiger partial charge in [-0.2, -0.15) is 0 Å². The van der Waals surface area contributed by atoms with Gasteiger partial charge in [-0.25, -0.2) is 9.97 Å². The molecule has 0 saturated carbocycles. The Morgan fingerprint density at radius 2 is 1.68 bits per heavy atom. The van der Waals surface area contributed by atoms with Crippen LogP contribution in [-0.2, 0) is 5.41 Å². The molecule has 0 saturated heterocycles. The second kappa shape index (κ2) is 5.04. The van der Waals surface area contributed by atoms with Gasteiger partial charge < -0.3 is 0 Å². The molecule has 1 aromatic heterocycles. The van der Waals surface area contributed by atoms with E-state index in [2.05, 4.69) is 73.7 Å². The van der Waals surface area contributed by atoms with Gasteiger partial charge in [0.25, 0.3) is 0 Å². The summed E-state index contributed by atoms with van der Waals surface area (Å²) in [7, 11) is 0. The number of rotatable bonds is 1. The maximum absolute atomic E-state index is 4.74. The van der Waals surface area contributed by atoms with Gasteiger partial charge in [0.15, 0.2) is 0 Å². The van der Waals surface area contributed by atoms with E-state index in [1.807, 2.05) is 6.07 Å². The average molecular weight is 319 g/mol. The standard InChI is InChI=1S/C16H19BrN2/c1-10-6-7-11(2)12(8-10)13-9-14(17)19-15(18-13)16(3,4)5/h6-9H,1-5H3. The summed E-state index contributed by atoms with van der Waals surface area (Å²) < 4.78 is 0.836. The monoisotopic (exact) mass is 318 g/mol. The van der Waals surface area contributed by atoms with E-state index in [0.717, 1.165) is 16.1 Å². The molecule has 0 fully saturated rings. The molecule has 0 N–H and O–H groups in total. The van der Waals surface area contributed by atoms with Crippen LogP contribution in [0.3, 0.4) is 0 Å². The van der Waals surface area contributed by atoms with E-state index in [1.54, 1.807) is 0 Å². The molecule has 2 rings (SSSR count). The zero-order valence-corrected chi connectivity index (χ0v) is 13.7. The van der Waals surface area contributed by atoms with Crippen LogP contribution in [0.25, 0.3) is 11.3 Å². The Morgan fingerprint density at radius 3 is 2.32 bits per heavy atom. The van der Waals surface area contributed by atoms with Crippen LogP contribution in [0.1, 0.15) is 37.7 Å². The molecule has 19 heavy (non-hydrogen) atoms. The highest BCUT2D eigenvalue weighted by molar-refractivity contribution is 9.10. The van der Waals surface area contributed by atoms with Crippen LogP contribution in [0.2, 0.25) is 0 Å². The van der Waals surface area contributed by atoms with E-state index in [9.17, 15) is 0 Å². The molecule has 100 valence electrons. The van der Waals surface area contributed by atoms with E-state index in [1.165, 1.54) is 16.7 Å². The Hall–Kier alpha value is -1.22. The molecule has 1 aromatic carbocycles. The van der Waals surface area contributed by atoms with Crippen LogP contribution < -0.4 is 0 Å². The lowest BCUT2D eigenvalue weighted by molar-refractivity contribution is 0.544. The molecule has 0 aliphatic rings. The van der Waals surface area contributed by atoms with Crippen LogP contribution in [-0.4, -0.2) is 9.97 Å². The van der Waals surface area contributed by atoms with Crippen molar-refractivity contribution in [2.75, 3.05) is 0 Å². The Morgan fingerprint density at radius 1 is 1.00 bits per heavy atom. The Labute approximate surface area is 123 Å². The molecule has 0 amide bonds. The zero-order valence-electron chi connectivity index (χ0n) is 12.1. The third-order valence-electron chi connectivity index (χ3n) is 3.03. The van der Waals surface area contributed by atoms with E-state index >= 15 is 0 Å². The molecule has 1 heterocycles. The predicted octanol–water partition coefficient (Wildman–Crippen LogP) is 4.82. The average Bonchev–Trinajstić information content (AvgIpc) is 2.30. The molecular weight excluding hydrogens is 300 g/mol. The number of aryl methyl sites for hydroxylation is 2. The summed E-state index contributed by atoms with van der Waals surface area (Å²) in [6, 6.07) is 8.42. The lowest BCUT2D eigenvalue weighted by Gasteiger charge is -2.18. The SMILES string of the molecule is Cc1ccc(C)c(-c2cc(Br)nc(C(C)(C)C)n2)c1. The maximum Gasteiger partial charge on any atom is 0.135 e. The van der Waals surface area contributed by atoms with E-state index < -0.39 is 0 Å². The van der Waals surface area contributed by atoms with Crippen molar-refractivity contribution in [2.45, 2.75) is 40.0 Å². The second-order valence-corrected chi connectivity index (χ2v) is 6.78. The van der Waals surface area contributed by atoms with E-state index in [4.69, 9.17) is 4.98 Å². The molecule has 0 unspecified atom stereocenters. The van der Waals surface area contributed by atoms with E-state index in [0.29, 0.717) is 0 Å². The quantitative estimate of drug-likeness (QED) is 0.704. The third-order valence-corrected chi connectivity index (χ3v) is 3.44. The third kappa shape index (κ3) is 3.21. The molecule has 2 aromatic rings. The molecule has 0 spiro atoms. The summed E-state index contributed by atoms with van der Waals surface area (Å²) in [5, 5.41) is 0. The normalized spacial score (nSPS) is 11.7. The topological polar surface area (TPSA) is 25.8 Å². The van der Waals surface area contributed by atoms with Crippen molar-refractivity contribution in [3.8, 4) is 11.3 Å². The number of benzene rings is 1. The van der Waals surface area contributed by atoms with Crippen molar-refractivity contribution in [3.63, 3.8) is 0 Å². The van der Waals surface area contributed by atoms with Gasteiger partial charge in [-0.05, 0) is 47.5 Å². The van der Waals surface area contributed by atoms with Crippen LogP contribution in [0.5, 0.6) is 0 Å². The fourth-order valence-electron chi connectivity index (χ4n) is 1.90. The van der Waals surface area contributed by atoms with Crippen LogP contribution >= 0.6 is 15.9 Å². The first-order valence-corrected chi connectivity index (χ1v) is 7.19. The summed E-state index contributed by atoms with van der Waals surface area (Å²) in [4.78, 5) is 9.22. The van der Waals surface area contributed by atoms with Crippen molar-refractivity contribution in [3.05, 3.63) is 45.8 Å². The van der Waals surface area contributed by atoms with Crippen molar-refractivity contribution in [1.29, 1.82) is 0 Å². The number of nitrogens with zero attached hydrogens (tertiary/aromatic N) is 2. The number of halogens is 1. The number of hydrogen-bond acceptors (Lipinski definition) is 2. The van der Waals surface area contributed by atoms with Gasteiger partial charge in [0.05, 0.1) is 5.69 Å². The molecule has 0 aliphatic heterocycles. The first kappa shape index (κ1) is 14.2. The van der Waals surface area contributed by atoms with Crippen LogP contribution in [0, 0.1) is 13.8 Å². The van der Waals surface area contributed by atoms with Gasteiger partial charge in [-0.3, -0.25) is 0 Å². The summed E-state index contributed by atoms with van der Waals surface area (Å²) in [6.07, 6.45) is 0. The largest absolute Gasteiger partial charge is 0.232 e. The van der Waals surface area contributed by atoms with Crippen molar-refractivity contribution in [1.82, 2.24) is 9.97 Å². The molecule has 2 nitrogen and oxygen atoms in total. The van der Waals surface area contributed by atoms with Crippen molar-refractivity contribution < 1.29 is 0 Å². The second-order valence-electron chi connectivity index (χ2n) is 5.97. The minimum absolute atomic E-state index is 0.0593. The van der Waals surface area contributed by atoms with E-state index in [-0.39, 0.29) is 5.41 Å². The molecular formula is C16H19BrN2. The summed E-state index contributed by atoms with van der Waals surface area (Å²) in [5.74, 6) is 0.859. The molecule has 3 heteroatoms. The first-order valence-electron chi connectivity index (χ1n) is 6.40. The predicted molar refractivity (Wildman–Crippen MR) is 83.3 cm³/mol. The molecule has 0 atom stereocenters. The molecule has 0 aliphatic carbocycles. The van der Waals surface area contributed by atoms with Crippen molar-refractivity contribution >= 4 is 15.9 Å². The number of aromatic nitrogens is 2. The van der Waals surface area contributed by atoms with Crippen LogP contribution in [0.4, 0.5) is 0 Å². The van der Waals surface area contributed by atoms with Crippen molar-refractivity contribution in [2.24, 2.45) is 0 Å². The Bertz CT molecular complexity index is 613. The lowest BCUT2D eigenvalue weighted by atomic mass is 9.95. The smallest absolute Gasteiger partial charge is 0.135 e. The minimum Gasteiger partial charge on any atom is -0.232 e. The summed E-state index contributed by atoms with van der Waals surface area (Å²) in [6.45, 7) is 10.6. The Balaban J connectivity index is 2.63. The van der Waals surface area contributed by atoms with Gasteiger partial charge >= 0.3 is 0 Å². The number of hydrogen-bond donors (Lipinski definition) is 0. The van der Waals surface area contributed by atoms with Gasteiger partial charge in [-0.1, -0.05) is 38.5 Å². The van der Waals surface area contributed by atoms with Gasteiger partial charge in [0, 0.05) is 11.0 Å².